The van der Waals surface area contributed by atoms with Crippen molar-refractivity contribution in [2.24, 2.45) is 5.92 Å². The number of rotatable bonds is 9. The Morgan fingerprint density at radius 3 is 2.67 bits per heavy atom. The number of amides is 1. The fourth-order valence-corrected chi connectivity index (χ4v) is 2.20. The molecule has 0 bridgehead atoms. The summed E-state index contributed by atoms with van der Waals surface area (Å²) in [6.45, 7) is 6.54. The molecule has 0 spiro atoms. The van der Waals surface area contributed by atoms with Crippen molar-refractivity contribution in [1.29, 1.82) is 0 Å². The highest BCUT2D eigenvalue weighted by Crippen LogP contribution is 2.27. The van der Waals surface area contributed by atoms with Gasteiger partial charge in [0.05, 0.1) is 6.54 Å². The molecule has 4 heteroatoms. The number of carbonyl (C=O) groups excluding carboxylic acids is 1. The van der Waals surface area contributed by atoms with Crippen LogP contribution in [0.2, 0.25) is 0 Å². The molecule has 0 radical (unpaired) electrons. The van der Waals surface area contributed by atoms with Crippen molar-refractivity contribution in [2.45, 2.75) is 19.3 Å². The molecule has 0 aliphatic heterocycles. The van der Waals surface area contributed by atoms with Crippen LogP contribution in [-0.4, -0.2) is 37.0 Å². The lowest BCUT2D eigenvalue weighted by molar-refractivity contribution is -0.129. The maximum Gasteiger partial charge on any atom is 0.236 e. The summed E-state index contributed by atoms with van der Waals surface area (Å²) in [6.07, 6.45) is 5.31. The van der Waals surface area contributed by atoms with E-state index in [0.717, 1.165) is 25.4 Å². The van der Waals surface area contributed by atoms with Gasteiger partial charge in [-0.15, -0.1) is 19.0 Å². The largest absolute Gasteiger partial charge is 0.338 e. The van der Waals surface area contributed by atoms with Crippen LogP contribution in [0.4, 0.5) is 0 Å². The molecule has 1 aliphatic carbocycles. The molecule has 2 rings (SSSR count). The summed E-state index contributed by atoms with van der Waals surface area (Å²) in [7, 11) is 0. The monoisotopic (exact) mass is 308 g/mol. The first kappa shape index (κ1) is 17.7. The summed E-state index contributed by atoms with van der Waals surface area (Å²) < 4.78 is 0. The second-order valence-electron chi connectivity index (χ2n) is 5.44. The predicted octanol–water partition coefficient (Wildman–Crippen LogP) is 2.67. The van der Waals surface area contributed by atoms with Crippen LogP contribution in [0.25, 0.3) is 0 Å². The Morgan fingerprint density at radius 1 is 1.33 bits per heavy atom. The van der Waals surface area contributed by atoms with Crippen molar-refractivity contribution >= 4 is 18.3 Å². The van der Waals surface area contributed by atoms with Crippen molar-refractivity contribution in [3.63, 3.8) is 0 Å². The Bertz CT molecular complexity index is 432. The molecular formula is C17H25ClN2O. The number of nitrogens with zero attached hydrogens (tertiary/aromatic N) is 1. The summed E-state index contributed by atoms with van der Waals surface area (Å²) >= 11 is 0. The van der Waals surface area contributed by atoms with Gasteiger partial charge < -0.3 is 10.2 Å². The highest BCUT2D eigenvalue weighted by molar-refractivity contribution is 5.85. The highest BCUT2D eigenvalue weighted by atomic mass is 35.5. The van der Waals surface area contributed by atoms with Crippen molar-refractivity contribution in [1.82, 2.24) is 10.2 Å². The number of hydrogen-bond donors (Lipinski definition) is 1. The molecule has 3 nitrogen and oxygen atoms in total. The van der Waals surface area contributed by atoms with Crippen molar-refractivity contribution in [3.8, 4) is 0 Å². The normalized spacial score (nSPS) is 13.3. The fraction of sp³-hybridized carbons (Fsp3) is 0.471. The Kier molecular flexibility index (Phi) is 8.09. The molecule has 1 N–H and O–H groups in total. The third-order valence-electron chi connectivity index (χ3n) is 3.62. The van der Waals surface area contributed by atoms with Crippen LogP contribution >= 0.6 is 12.4 Å². The lowest BCUT2D eigenvalue weighted by Gasteiger charge is -2.21. The molecule has 0 unspecified atom stereocenters. The molecular weight excluding hydrogens is 284 g/mol. The number of nitrogens with one attached hydrogen (secondary N) is 1. The summed E-state index contributed by atoms with van der Waals surface area (Å²) in [4.78, 5) is 14.0. The van der Waals surface area contributed by atoms with E-state index in [1.807, 2.05) is 23.1 Å². The van der Waals surface area contributed by atoms with Crippen LogP contribution in [0, 0.1) is 5.92 Å². The minimum absolute atomic E-state index is 0. The first-order valence-electron chi connectivity index (χ1n) is 7.43. The van der Waals surface area contributed by atoms with Gasteiger partial charge in [0, 0.05) is 13.1 Å². The molecule has 0 aromatic heterocycles. The third kappa shape index (κ3) is 6.78. The third-order valence-corrected chi connectivity index (χ3v) is 3.62. The smallest absolute Gasteiger partial charge is 0.236 e. The second kappa shape index (κ2) is 9.59. The zero-order chi connectivity index (χ0) is 14.2. The summed E-state index contributed by atoms with van der Waals surface area (Å²) in [5.41, 5.74) is 1.26. The van der Waals surface area contributed by atoms with Crippen LogP contribution in [0.15, 0.2) is 43.0 Å². The average Bonchev–Trinajstić information content (AvgIpc) is 3.28. The van der Waals surface area contributed by atoms with E-state index < -0.39 is 0 Å². The quantitative estimate of drug-likeness (QED) is 0.711. The Morgan fingerprint density at radius 2 is 2.05 bits per heavy atom. The van der Waals surface area contributed by atoms with Gasteiger partial charge in [-0.1, -0.05) is 36.4 Å². The van der Waals surface area contributed by atoms with Gasteiger partial charge in [0.1, 0.15) is 0 Å². The fourth-order valence-electron chi connectivity index (χ4n) is 2.20. The maximum atomic E-state index is 12.2. The number of hydrogen-bond acceptors (Lipinski definition) is 2. The van der Waals surface area contributed by atoms with Gasteiger partial charge in [-0.2, -0.15) is 0 Å². The number of benzene rings is 1. The first-order chi connectivity index (χ1) is 9.79. The molecule has 0 saturated heterocycles. The van der Waals surface area contributed by atoms with E-state index in [2.05, 4.69) is 24.0 Å². The van der Waals surface area contributed by atoms with Crippen LogP contribution in [0.3, 0.4) is 0 Å². The maximum absolute atomic E-state index is 12.2. The minimum Gasteiger partial charge on any atom is -0.338 e. The first-order valence-corrected chi connectivity index (χ1v) is 7.43. The predicted molar refractivity (Wildman–Crippen MR) is 89.8 cm³/mol. The number of carbonyl (C=O) groups is 1. The molecule has 1 saturated carbocycles. The van der Waals surface area contributed by atoms with E-state index in [4.69, 9.17) is 0 Å². The molecule has 116 valence electrons. The Hall–Kier alpha value is -1.32. The van der Waals surface area contributed by atoms with Crippen LogP contribution in [0.1, 0.15) is 18.4 Å². The van der Waals surface area contributed by atoms with E-state index >= 15 is 0 Å². The molecule has 1 aromatic rings. The lowest BCUT2D eigenvalue weighted by Crippen LogP contribution is -2.40. The SMILES string of the molecule is C=CCN(CCc1ccccc1)C(=O)CNCC1CC1.Cl. The van der Waals surface area contributed by atoms with E-state index in [-0.39, 0.29) is 18.3 Å². The Balaban J connectivity index is 0.00000220. The summed E-state index contributed by atoms with van der Waals surface area (Å²) in [5.74, 6) is 0.974. The molecule has 21 heavy (non-hydrogen) atoms. The van der Waals surface area contributed by atoms with Crippen LogP contribution < -0.4 is 5.32 Å². The zero-order valence-corrected chi connectivity index (χ0v) is 13.3. The van der Waals surface area contributed by atoms with E-state index in [0.29, 0.717) is 13.1 Å². The van der Waals surface area contributed by atoms with Crippen molar-refractivity contribution in [2.75, 3.05) is 26.2 Å². The Labute approximate surface area is 133 Å². The minimum atomic E-state index is 0. The number of halogens is 1. The van der Waals surface area contributed by atoms with Crippen molar-refractivity contribution < 1.29 is 4.79 Å². The molecule has 1 amide bonds. The summed E-state index contributed by atoms with van der Waals surface area (Å²) in [5, 5.41) is 3.26. The lowest BCUT2D eigenvalue weighted by atomic mass is 10.1. The zero-order valence-electron chi connectivity index (χ0n) is 12.5. The highest BCUT2D eigenvalue weighted by Gasteiger charge is 2.21. The van der Waals surface area contributed by atoms with Crippen LogP contribution in [-0.2, 0) is 11.2 Å². The summed E-state index contributed by atoms with van der Waals surface area (Å²) in [6, 6.07) is 10.3. The van der Waals surface area contributed by atoms with E-state index in [9.17, 15) is 4.79 Å². The van der Waals surface area contributed by atoms with Gasteiger partial charge in [-0.05, 0) is 37.3 Å². The molecule has 1 aromatic carbocycles. The van der Waals surface area contributed by atoms with Gasteiger partial charge in [0.15, 0.2) is 0 Å². The second-order valence-corrected chi connectivity index (χ2v) is 5.44. The average molecular weight is 309 g/mol. The molecule has 0 heterocycles. The molecule has 1 fully saturated rings. The van der Waals surface area contributed by atoms with E-state index in [1.165, 1.54) is 18.4 Å². The topological polar surface area (TPSA) is 32.3 Å². The van der Waals surface area contributed by atoms with Crippen LogP contribution in [0.5, 0.6) is 0 Å². The van der Waals surface area contributed by atoms with Gasteiger partial charge in [0.2, 0.25) is 5.91 Å². The van der Waals surface area contributed by atoms with Gasteiger partial charge in [-0.3, -0.25) is 4.79 Å². The standard InChI is InChI=1S/C17H24N2O.ClH/c1-2-11-19(12-10-15-6-4-3-5-7-15)17(20)14-18-13-16-8-9-16;/h2-7,16,18H,1,8-14H2;1H. The van der Waals surface area contributed by atoms with E-state index in [1.54, 1.807) is 6.08 Å². The van der Waals surface area contributed by atoms with Crippen molar-refractivity contribution in [3.05, 3.63) is 48.6 Å². The van der Waals surface area contributed by atoms with Gasteiger partial charge in [-0.25, -0.2) is 0 Å². The molecule has 0 atom stereocenters. The van der Waals surface area contributed by atoms with Gasteiger partial charge >= 0.3 is 0 Å². The van der Waals surface area contributed by atoms with Gasteiger partial charge in [0.25, 0.3) is 0 Å². The molecule has 1 aliphatic rings.